The second-order valence-corrected chi connectivity index (χ2v) is 7.69. The summed E-state index contributed by atoms with van der Waals surface area (Å²) in [4.78, 5) is 32.1. The molecule has 0 N–H and O–H groups in total. The number of hydrogen-bond acceptors (Lipinski definition) is 5. The molecule has 0 aromatic heterocycles. The van der Waals surface area contributed by atoms with Gasteiger partial charge in [0.05, 0.1) is 5.56 Å². The van der Waals surface area contributed by atoms with Crippen molar-refractivity contribution in [2.75, 3.05) is 5.90 Å². The monoisotopic (exact) mass is 301 g/mol. The largest absolute Gasteiger partial charge is 0.810 e. The van der Waals surface area contributed by atoms with Gasteiger partial charge in [0, 0.05) is 13.3 Å². The maximum absolute atomic E-state index is 12.2. The average molecular weight is 301 g/mol. The fourth-order valence-electron chi connectivity index (χ4n) is 1.19. The van der Waals surface area contributed by atoms with Crippen molar-refractivity contribution in [3.05, 3.63) is 29.8 Å². The van der Waals surface area contributed by atoms with E-state index in [-0.39, 0.29) is 0 Å². The van der Waals surface area contributed by atoms with E-state index in [9.17, 15) is 37.0 Å². The molecule has 1 aromatic rings. The molecule has 10 heteroatoms. The Hall–Kier alpha value is -0.650. The Morgan fingerprint density at radius 2 is 1.44 bits per heavy atom. The summed E-state index contributed by atoms with van der Waals surface area (Å²) in [6, 6.07) is 2.24. The van der Waals surface area contributed by atoms with E-state index < -0.39 is 37.9 Å². The van der Waals surface area contributed by atoms with Crippen LogP contribution in [0.25, 0.3) is 0 Å². The molecule has 0 heterocycles. The van der Waals surface area contributed by atoms with Crippen LogP contribution >= 0.6 is 15.0 Å². The molecule has 0 spiro atoms. The maximum Gasteiger partial charge on any atom is 0.416 e. The number of rotatable bonds is 3. The molecule has 1 unspecified atom stereocenters. The summed E-state index contributed by atoms with van der Waals surface area (Å²) in [7, 11) is -10.0. The highest BCUT2D eigenvalue weighted by molar-refractivity contribution is 7.75. The summed E-state index contributed by atoms with van der Waals surface area (Å²) in [5.74, 6) is -1.63. The zero-order valence-corrected chi connectivity index (χ0v) is 10.4. The van der Waals surface area contributed by atoms with Crippen LogP contribution in [0.4, 0.5) is 13.2 Å². The van der Waals surface area contributed by atoms with E-state index in [0.29, 0.717) is 24.3 Å². The first-order valence-electron chi connectivity index (χ1n) is 4.41. The minimum Gasteiger partial charge on any atom is -0.810 e. The molecule has 0 fully saturated rings. The molecule has 0 bridgehead atoms. The van der Waals surface area contributed by atoms with Crippen LogP contribution in [-0.4, -0.2) is 5.90 Å². The van der Waals surface area contributed by atoms with Gasteiger partial charge in [0.1, 0.15) is 0 Å². The second-order valence-electron chi connectivity index (χ2n) is 3.47. The quantitative estimate of drug-likeness (QED) is 0.722. The molecule has 18 heavy (non-hydrogen) atoms. The van der Waals surface area contributed by atoms with E-state index in [0.717, 1.165) is 0 Å². The molecule has 5 nitrogen and oxygen atoms in total. The lowest BCUT2D eigenvalue weighted by Crippen LogP contribution is -2.25. The van der Waals surface area contributed by atoms with Gasteiger partial charge in [-0.25, -0.2) is 0 Å². The molecule has 0 aliphatic heterocycles. The summed E-state index contributed by atoms with van der Waals surface area (Å²) in [5, 5.41) is -0.623. The van der Waals surface area contributed by atoms with Gasteiger partial charge < -0.3 is 23.8 Å². The van der Waals surface area contributed by atoms with E-state index in [2.05, 4.69) is 0 Å². The van der Waals surface area contributed by atoms with Crippen LogP contribution in [0.1, 0.15) is 5.56 Å². The molecular formula is C8H6F3O5P2-3. The number of alkyl halides is 3. The molecule has 1 rings (SSSR count). The van der Waals surface area contributed by atoms with E-state index in [4.69, 9.17) is 0 Å². The summed E-state index contributed by atoms with van der Waals surface area (Å²) in [6.07, 6.45) is -4.63. The Kier molecular flexibility index (Phi) is 4.10. The van der Waals surface area contributed by atoms with Gasteiger partial charge in [0.2, 0.25) is 0 Å². The van der Waals surface area contributed by atoms with Gasteiger partial charge in [-0.2, -0.15) is 13.2 Å². The van der Waals surface area contributed by atoms with Crippen LogP contribution in [0, 0.1) is 0 Å². The lowest BCUT2D eigenvalue weighted by atomic mass is 10.2. The SMILES string of the molecule is O=P([O-])([O-])CP(=O)([O-])c1ccc(C(F)(F)F)cc1. The van der Waals surface area contributed by atoms with E-state index >= 15 is 0 Å². The molecule has 0 aliphatic rings. The molecule has 0 amide bonds. The van der Waals surface area contributed by atoms with Crippen molar-refractivity contribution in [1.29, 1.82) is 0 Å². The van der Waals surface area contributed by atoms with Crippen LogP contribution < -0.4 is 20.0 Å². The van der Waals surface area contributed by atoms with Gasteiger partial charge in [-0.15, -0.1) is 0 Å². The predicted octanol–water partition coefficient (Wildman–Crippen LogP) is -0.160. The summed E-state index contributed by atoms with van der Waals surface area (Å²) in [6.45, 7) is 0. The number of hydrogen-bond donors (Lipinski definition) is 0. The highest BCUT2D eigenvalue weighted by Gasteiger charge is 2.30. The van der Waals surface area contributed by atoms with Crippen LogP contribution in [0.5, 0.6) is 0 Å². The molecule has 1 atom stereocenters. The van der Waals surface area contributed by atoms with Gasteiger partial charge in [0.15, 0.2) is 0 Å². The van der Waals surface area contributed by atoms with Crippen molar-refractivity contribution in [3.8, 4) is 0 Å². The lowest BCUT2D eigenvalue weighted by Gasteiger charge is -2.36. The topological polar surface area (TPSA) is 103 Å². The number of benzene rings is 1. The Morgan fingerprint density at radius 3 is 1.78 bits per heavy atom. The lowest BCUT2D eigenvalue weighted by molar-refractivity contribution is -0.312. The van der Waals surface area contributed by atoms with E-state index in [1.165, 1.54) is 0 Å². The van der Waals surface area contributed by atoms with E-state index in [1.807, 2.05) is 0 Å². The highest BCUT2D eigenvalue weighted by atomic mass is 31.2. The zero-order valence-electron chi connectivity index (χ0n) is 8.59. The molecule has 0 radical (unpaired) electrons. The van der Waals surface area contributed by atoms with Crippen molar-refractivity contribution in [1.82, 2.24) is 0 Å². The Bertz CT molecular complexity index is 519. The third-order valence-electron chi connectivity index (χ3n) is 1.95. The number of halogens is 3. The Morgan fingerprint density at radius 1 is 1.00 bits per heavy atom. The third-order valence-corrected chi connectivity index (χ3v) is 5.91. The van der Waals surface area contributed by atoms with Crippen molar-refractivity contribution in [2.24, 2.45) is 0 Å². The minimum atomic E-state index is -5.29. The first kappa shape index (κ1) is 15.4. The fraction of sp³-hybridized carbons (Fsp3) is 0.250. The van der Waals surface area contributed by atoms with Gasteiger partial charge in [-0.3, -0.25) is 0 Å². The standard InChI is InChI=1S/C8H9F3O5P2/c9-8(10,11)6-1-3-7(4-2-6)17(12,13)5-18(14,15)16/h1-4H,5H2,(H,12,13)(H2,14,15,16)/p-3. The van der Waals surface area contributed by atoms with Crippen molar-refractivity contribution in [3.63, 3.8) is 0 Å². The van der Waals surface area contributed by atoms with Crippen LogP contribution in [0.15, 0.2) is 24.3 Å². The second kappa shape index (κ2) is 4.79. The molecule has 1 aromatic carbocycles. The van der Waals surface area contributed by atoms with Crippen molar-refractivity contribution >= 4 is 20.3 Å². The third kappa shape index (κ3) is 4.23. The first-order valence-corrected chi connectivity index (χ1v) is 7.95. The highest BCUT2D eigenvalue weighted by Crippen LogP contribution is 2.46. The first-order chi connectivity index (χ1) is 7.92. The van der Waals surface area contributed by atoms with Gasteiger partial charge >= 0.3 is 6.18 Å². The van der Waals surface area contributed by atoms with Crippen molar-refractivity contribution in [2.45, 2.75) is 6.18 Å². The summed E-state index contributed by atoms with van der Waals surface area (Å²) >= 11 is 0. The molecule has 102 valence electrons. The van der Waals surface area contributed by atoms with Crippen LogP contribution in [0.2, 0.25) is 0 Å². The molecular weight excluding hydrogens is 295 g/mol. The average Bonchev–Trinajstić information content (AvgIpc) is 2.13. The Balaban J connectivity index is 3.06. The molecule has 0 saturated heterocycles. The van der Waals surface area contributed by atoms with E-state index in [1.54, 1.807) is 0 Å². The molecule has 0 saturated carbocycles. The summed E-state index contributed by atoms with van der Waals surface area (Å²) < 4.78 is 58.3. The normalized spacial score (nSPS) is 16.3. The van der Waals surface area contributed by atoms with Crippen LogP contribution in [-0.2, 0) is 15.3 Å². The summed E-state index contributed by atoms with van der Waals surface area (Å²) in [5.41, 5.74) is -1.07. The minimum absolute atomic E-state index is 0.500. The fourth-order valence-corrected chi connectivity index (χ4v) is 4.27. The van der Waals surface area contributed by atoms with Gasteiger partial charge in [0.25, 0.3) is 0 Å². The zero-order chi connectivity index (χ0) is 14.2. The van der Waals surface area contributed by atoms with Gasteiger partial charge in [-0.05, 0) is 17.4 Å². The predicted molar refractivity (Wildman–Crippen MR) is 51.2 cm³/mol. The van der Waals surface area contributed by atoms with Gasteiger partial charge in [-0.1, -0.05) is 19.7 Å². The maximum atomic E-state index is 12.2. The Labute approximate surface area is 99.9 Å². The molecule has 0 aliphatic carbocycles. The van der Waals surface area contributed by atoms with Crippen molar-refractivity contribution < 1.29 is 37.0 Å². The smallest absolute Gasteiger partial charge is 0.416 e. The van der Waals surface area contributed by atoms with Crippen LogP contribution in [0.3, 0.4) is 0 Å².